The summed E-state index contributed by atoms with van der Waals surface area (Å²) in [6.07, 6.45) is 1.27. The second kappa shape index (κ2) is 5.98. The molecule has 104 valence electrons. The van der Waals surface area contributed by atoms with Crippen molar-refractivity contribution in [1.82, 2.24) is 4.98 Å². The maximum absolute atomic E-state index is 13.6. The van der Waals surface area contributed by atoms with Crippen molar-refractivity contribution in [2.45, 2.75) is 0 Å². The molecule has 0 atom stereocenters. The highest BCUT2D eigenvalue weighted by Gasteiger charge is 2.16. The highest BCUT2D eigenvalue weighted by Crippen LogP contribution is 2.21. The van der Waals surface area contributed by atoms with Gasteiger partial charge >= 0.3 is 5.97 Å². The number of carbonyl (C=O) groups is 2. The molecular formula is C12H8ClFN2O3S. The number of amides is 1. The summed E-state index contributed by atoms with van der Waals surface area (Å²) in [5.74, 6) is -1.97. The lowest BCUT2D eigenvalue weighted by atomic mass is 10.2. The molecular weight excluding hydrogens is 307 g/mol. The fraction of sp³-hybridized carbons (Fsp3) is 0.0833. The zero-order chi connectivity index (χ0) is 14.7. The second-order valence-electron chi connectivity index (χ2n) is 3.60. The largest absolute Gasteiger partial charge is 0.465 e. The molecule has 1 N–H and O–H groups in total. The van der Waals surface area contributed by atoms with Gasteiger partial charge in [-0.2, -0.15) is 0 Å². The number of methoxy groups -OCH3 is 1. The number of hydrogen-bond donors (Lipinski definition) is 1. The number of esters is 1. The first-order chi connectivity index (χ1) is 9.51. The first kappa shape index (κ1) is 14.4. The van der Waals surface area contributed by atoms with Gasteiger partial charge < -0.3 is 4.74 Å². The topological polar surface area (TPSA) is 68.3 Å². The van der Waals surface area contributed by atoms with Crippen LogP contribution in [-0.4, -0.2) is 24.0 Å². The third kappa shape index (κ3) is 3.12. The molecule has 0 radical (unpaired) electrons. The van der Waals surface area contributed by atoms with Crippen LogP contribution in [0, 0.1) is 5.82 Å². The number of ether oxygens (including phenoxy) is 1. The van der Waals surface area contributed by atoms with Crippen LogP contribution in [0.2, 0.25) is 5.02 Å². The van der Waals surface area contributed by atoms with E-state index in [-0.39, 0.29) is 20.6 Å². The Morgan fingerprint density at radius 2 is 2.20 bits per heavy atom. The summed E-state index contributed by atoms with van der Waals surface area (Å²) in [7, 11) is 1.24. The van der Waals surface area contributed by atoms with Crippen LogP contribution in [0.15, 0.2) is 24.4 Å². The molecule has 1 amide bonds. The molecule has 0 aliphatic heterocycles. The van der Waals surface area contributed by atoms with E-state index in [9.17, 15) is 14.0 Å². The maximum Gasteiger partial charge on any atom is 0.349 e. The Morgan fingerprint density at radius 3 is 2.85 bits per heavy atom. The summed E-state index contributed by atoms with van der Waals surface area (Å²) in [6, 6.07) is 3.71. The molecule has 2 rings (SSSR count). The predicted octanol–water partition coefficient (Wildman–Crippen LogP) is 2.97. The molecule has 2 aromatic rings. The zero-order valence-electron chi connectivity index (χ0n) is 10.1. The van der Waals surface area contributed by atoms with Crippen molar-refractivity contribution >= 4 is 39.9 Å². The number of halogens is 2. The number of benzene rings is 1. The molecule has 0 saturated heterocycles. The lowest BCUT2D eigenvalue weighted by Crippen LogP contribution is -2.13. The average molecular weight is 315 g/mol. The summed E-state index contributed by atoms with van der Waals surface area (Å²) in [5, 5.41) is 2.76. The van der Waals surface area contributed by atoms with E-state index in [1.165, 1.54) is 25.4 Å². The van der Waals surface area contributed by atoms with Crippen LogP contribution in [0.25, 0.3) is 0 Å². The third-order valence-electron chi connectivity index (χ3n) is 2.29. The van der Waals surface area contributed by atoms with Gasteiger partial charge in [0.25, 0.3) is 5.91 Å². The molecule has 5 nitrogen and oxygen atoms in total. The number of thiazole rings is 1. The van der Waals surface area contributed by atoms with Crippen molar-refractivity contribution in [3.05, 3.63) is 45.7 Å². The summed E-state index contributed by atoms with van der Waals surface area (Å²) in [5.41, 5.74) is -0.163. The Hall–Kier alpha value is -1.99. The van der Waals surface area contributed by atoms with Crippen LogP contribution in [0.1, 0.15) is 20.0 Å². The number of nitrogens with one attached hydrogen (secondary N) is 1. The molecule has 1 heterocycles. The normalized spacial score (nSPS) is 10.2. The minimum Gasteiger partial charge on any atom is -0.465 e. The molecule has 8 heteroatoms. The van der Waals surface area contributed by atoms with Gasteiger partial charge in [-0.3, -0.25) is 10.1 Å². The Morgan fingerprint density at radius 1 is 1.45 bits per heavy atom. The predicted molar refractivity (Wildman–Crippen MR) is 72.8 cm³/mol. The van der Waals surface area contributed by atoms with Crippen LogP contribution >= 0.6 is 22.9 Å². The van der Waals surface area contributed by atoms with Crippen LogP contribution in [0.3, 0.4) is 0 Å². The molecule has 1 aromatic carbocycles. The van der Waals surface area contributed by atoms with Gasteiger partial charge in [-0.25, -0.2) is 14.2 Å². The maximum atomic E-state index is 13.6. The Kier molecular flexibility index (Phi) is 4.31. The highest BCUT2D eigenvalue weighted by molar-refractivity contribution is 7.17. The Labute approximate surface area is 122 Å². The van der Waals surface area contributed by atoms with E-state index >= 15 is 0 Å². The quantitative estimate of drug-likeness (QED) is 0.884. The standard InChI is InChI=1S/C12H8ClFN2O3S/c1-19-11(18)9-5-15-12(20-9)16-10(17)7-3-2-6(13)4-8(7)14/h2-5H,1H3,(H,15,16,17). The summed E-state index contributed by atoms with van der Waals surface area (Å²) >= 11 is 6.53. The SMILES string of the molecule is COC(=O)c1cnc(NC(=O)c2ccc(Cl)cc2F)s1. The second-order valence-corrected chi connectivity index (χ2v) is 5.07. The van der Waals surface area contributed by atoms with Crippen molar-refractivity contribution in [3.8, 4) is 0 Å². The van der Waals surface area contributed by atoms with E-state index in [4.69, 9.17) is 11.6 Å². The van der Waals surface area contributed by atoms with E-state index in [0.29, 0.717) is 0 Å². The first-order valence-corrected chi connectivity index (χ1v) is 6.51. The summed E-state index contributed by atoms with van der Waals surface area (Å²) < 4.78 is 18.1. The third-order valence-corrected chi connectivity index (χ3v) is 3.42. The summed E-state index contributed by atoms with van der Waals surface area (Å²) in [6.45, 7) is 0. The van der Waals surface area contributed by atoms with Gasteiger partial charge in [0, 0.05) is 5.02 Å². The molecule has 0 aliphatic rings. The number of carbonyl (C=O) groups excluding carboxylic acids is 2. The Bertz CT molecular complexity index is 674. The van der Waals surface area contributed by atoms with Crippen molar-refractivity contribution in [2.75, 3.05) is 12.4 Å². The molecule has 1 aromatic heterocycles. The van der Waals surface area contributed by atoms with Crippen molar-refractivity contribution in [1.29, 1.82) is 0 Å². The van der Waals surface area contributed by atoms with Crippen molar-refractivity contribution < 1.29 is 18.7 Å². The van der Waals surface area contributed by atoms with E-state index in [1.807, 2.05) is 0 Å². The van der Waals surface area contributed by atoms with E-state index < -0.39 is 17.7 Å². The van der Waals surface area contributed by atoms with Gasteiger partial charge in [0.1, 0.15) is 10.7 Å². The van der Waals surface area contributed by atoms with Crippen LogP contribution in [0.5, 0.6) is 0 Å². The molecule has 20 heavy (non-hydrogen) atoms. The molecule has 0 aliphatic carbocycles. The van der Waals surface area contributed by atoms with Gasteiger partial charge in [0.05, 0.1) is 18.9 Å². The smallest absolute Gasteiger partial charge is 0.349 e. The zero-order valence-corrected chi connectivity index (χ0v) is 11.7. The monoisotopic (exact) mass is 314 g/mol. The number of nitrogens with zero attached hydrogens (tertiary/aromatic N) is 1. The molecule has 0 bridgehead atoms. The minimum atomic E-state index is -0.736. The van der Waals surface area contributed by atoms with E-state index in [0.717, 1.165) is 17.4 Å². The molecule has 0 saturated carbocycles. The lowest BCUT2D eigenvalue weighted by molar-refractivity contribution is 0.0606. The fourth-order valence-corrected chi connectivity index (χ4v) is 2.25. The number of anilines is 1. The van der Waals surface area contributed by atoms with E-state index in [2.05, 4.69) is 15.0 Å². The first-order valence-electron chi connectivity index (χ1n) is 5.32. The van der Waals surface area contributed by atoms with Crippen molar-refractivity contribution in [3.63, 3.8) is 0 Å². The van der Waals surface area contributed by atoms with Gasteiger partial charge in [-0.05, 0) is 18.2 Å². The van der Waals surface area contributed by atoms with Crippen molar-refractivity contribution in [2.24, 2.45) is 0 Å². The van der Waals surface area contributed by atoms with Gasteiger partial charge in [0.15, 0.2) is 5.13 Å². The average Bonchev–Trinajstić information content (AvgIpc) is 2.86. The van der Waals surface area contributed by atoms with Gasteiger partial charge in [-0.1, -0.05) is 22.9 Å². The fourth-order valence-electron chi connectivity index (χ4n) is 1.36. The Balaban J connectivity index is 2.15. The van der Waals surface area contributed by atoms with Gasteiger partial charge in [-0.15, -0.1) is 0 Å². The number of hydrogen-bond acceptors (Lipinski definition) is 5. The molecule has 0 fully saturated rings. The highest BCUT2D eigenvalue weighted by atomic mass is 35.5. The lowest BCUT2D eigenvalue weighted by Gasteiger charge is -2.03. The molecule has 0 spiro atoms. The number of rotatable bonds is 3. The number of aromatic nitrogens is 1. The van der Waals surface area contributed by atoms with Crippen LogP contribution in [0.4, 0.5) is 9.52 Å². The van der Waals surface area contributed by atoms with E-state index in [1.54, 1.807) is 0 Å². The van der Waals surface area contributed by atoms with Crippen LogP contribution < -0.4 is 5.32 Å². The summed E-state index contributed by atoms with van der Waals surface area (Å²) in [4.78, 5) is 27.2. The minimum absolute atomic E-state index is 0.163. The van der Waals surface area contributed by atoms with Crippen LogP contribution in [-0.2, 0) is 4.74 Å². The van der Waals surface area contributed by atoms with Gasteiger partial charge in [0.2, 0.25) is 0 Å². The molecule has 0 unspecified atom stereocenters.